The summed E-state index contributed by atoms with van der Waals surface area (Å²) in [6.07, 6.45) is 3.76. The number of thiazole rings is 1. The van der Waals surface area contributed by atoms with Gasteiger partial charge in [-0.1, -0.05) is 0 Å². The summed E-state index contributed by atoms with van der Waals surface area (Å²) in [5.74, 6) is 0.667. The van der Waals surface area contributed by atoms with Crippen LogP contribution in [-0.4, -0.2) is 93.2 Å². The van der Waals surface area contributed by atoms with Crippen LogP contribution in [0.25, 0.3) is 0 Å². The van der Waals surface area contributed by atoms with E-state index in [1.807, 2.05) is 6.20 Å². The number of ether oxygens (including phenoxy) is 1. The molecule has 0 aliphatic carbocycles. The van der Waals surface area contributed by atoms with E-state index in [0.717, 1.165) is 63.8 Å². The normalized spacial score (nSPS) is 15.6. The highest BCUT2D eigenvalue weighted by molar-refractivity contribution is 7.11. The van der Waals surface area contributed by atoms with E-state index in [2.05, 4.69) is 32.4 Å². The van der Waals surface area contributed by atoms with Crippen LogP contribution in [0.1, 0.15) is 16.3 Å². The zero-order chi connectivity index (χ0) is 19.5. The first-order chi connectivity index (χ1) is 13.0. The molecule has 1 aliphatic heterocycles. The van der Waals surface area contributed by atoms with Crippen molar-refractivity contribution in [1.29, 1.82) is 0 Å². The number of aliphatic imine (C=N–C) groups is 1. The average Bonchev–Trinajstić information content (AvgIpc) is 3.08. The van der Waals surface area contributed by atoms with Crippen LogP contribution in [0.4, 0.5) is 0 Å². The van der Waals surface area contributed by atoms with Crippen molar-refractivity contribution in [3.63, 3.8) is 0 Å². The van der Waals surface area contributed by atoms with Crippen LogP contribution in [0.5, 0.6) is 0 Å². The largest absolute Gasteiger partial charge is 0.379 e. The van der Waals surface area contributed by atoms with E-state index in [-0.39, 0.29) is 12.5 Å². The Balaban J connectivity index is 1.75. The average molecular weight is 397 g/mol. The molecule has 2 heterocycles. The predicted octanol–water partition coefficient (Wildman–Crippen LogP) is 0.340. The van der Waals surface area contributed by atoms with E-state index in [1.54, 1.807) is 30.3 Å². The molecule has 152 valence electrons. The van der Waals surface area contributed by atoms with E-state index >= 15 is 0 Å². The first-order valence-corrected chi connectivity index (χ1v) is 10.3. The first kappa shape index (κ1) is 21.6. The van der Waals surface area contributed by atoms with E-state index < -0.39 is 0 Å². The molecule has 27 heavy (non-hydrogen) atoms. The Morgan fingerprint density at radius 1 is 1.33 bits per heavy atom. The summed E-state index contributed by atoms with van der Waals surface area (Å²) in [5.41, 5.74) is 0. The van der Waals surface area contributed by atoms with E-state index in [4.69, 9.17) is 4.74 Å². The molecular formula is C18H32N6O2S. The number of aromatic nitrogens is 1. The van der Waals surface area contributed by atoms with Gasteiger partial charge in [-0.15, -0.1) is 11.3 Å². The summed E-state index contributed by atoms with van der Waals surface area (Å²) in [7, 11) is 3.48. The molecule has 9 heteroatoms. The van der Waals surface area contributed by atoms with Gasteiger partial charge >= 0.3 is 0 Å². The van der Waals surface area contributed by atoms with Crippen LogP contribution >= 0.6 is 11.3 Å². The minimum absolute atomic E-state index is 0.0139. The highest BCUT2D eigenvalue weighted by Crippen LogP contribution is 2.10. The zero-order valence-corrected chi connectivity index (χ0v) is 17.5. The Hall–Kier alpha value is -1.71. The lowest BCUT2D eigenvalue weighted by Gasteiger charge is -2.26. The second-order valence-corrected chi connectivity index (χ2v) is 8.05. The van der Waals surface area contributed by atoms with Gasteiger partial charge in [0.1, 0.15) is 6.54 Å². The summed E-state index contributed by atoms with van der Waals surface area (Å²) in [6, 6.07) is 0. The van der Waals surface area contributed by atoms with Gasteiger partial charge in [-0.05, 0) is 19.9 Å². The molecule has 2 N–H and O–H groups in total. The number of carbonyl (C=O) groups is 1. The van der Waals surface area contributed by atoms with Gasteiger partial charge in [0.2, 0.25) is 5.91 Å². The maximum atomic E-state index is 11.8. The molecule has 0 aromatic carbocycles. The topological polar surface area (TPSA) is 82.1 Å². The van der Waals surface area contributed by atoms with E-state index in [1.165, 1.54) is 4.88 Å². The summed E-state index contributed by atoms with van der Waals surface area (Å²) in [5, 5.41) is 7.76. The number of nitrogens with zero attached hydrogens (tertiary/aromatic N) is 4. The van der Waals surface area contributed by atoms with Gasteiger partial charge in [-0.25, -0.2) is 9.98 Å². The van der Waals surface area contributed by atoms with Gasteiger partial charge in [0.25, 0.3) is 0 Å². The van der Waals surface area contributed by atoms with Crippen LogP contribution in [0.15, 0.2) is 11.2 Å². The minimum atomic E-state index is -0.0139. The van der Waals surface area contributed by atoms with Crippen LogP contribution < -0.4 is 10.6 Å². The molecule has 0 unspecified atom stereocenters. The van der Waals surface area contributed by atoms with E-state index in [0.29, 0.717) is 5.96 Å². The van der Waals surface area contributed by atoms with Gasteiger partial charge < -0.3 is 20.3 Å². The molecule has 0 atom stereocenters. The molecule has 1 aliphatic rings. The number of morpholine rings is 1. The lowest BCUT2D eigenvalue weighted by molar-refractivity contribution is -0.127. The summed E-state index contributed by atoms with van der Waals surface area (Å²) in [6.45, 7) is 8.45. The Kier molecular flexibility index (Phi) is 9.51. The Morgan fingerprint density at radius 3 is 2.74 bits per heavy atom. The number of guanidine groups is 1. The molecular weight excluding hydrogens is 364 g/mol. The monoisotopic (exact) mass is 396 g/mol. The minimum Gasteiger partial charge on any atom is -0.379 e. The number of hydrogen-bond acceptors (Lipinski definition) is 6. The number of carbonyl (C=O) groups excluding carboxylic acids is 1. The third-order valence-corrected chi connectivity index (χ3v) is 5.19. The van der Waals surface area contributed by atoms with Crippen LogP contribution in [0, 0.1) is 6.92 Å². The quantitative estimate of drug-likeness (QED) is 0.356. The molecule has 1 fully saturated rings. The highest BCUT2D eigenvalue weighted by Gasteiger charge is 2.10. The number of likely N-dealkylation sites (N-methyl/N-ethyl adjacent to an activating group) is 1. The first-order valence-electron chi connectivity index (χ1n) is 9.48. The van der Waals surface area contributed by atoms with Crippen LogP contribution in [0.2, 0.25) is 0 Å². The van der Waals surface area contributed by atoms with Gasteiger partial charge in [0, 0.05) is 57.8 Å². The molecule has 0 bridgehead atoms. The number of amides is 1. The molecule has 1 saturated heterocycles. The Morgan fingerprint density at radius 2 is 2.07 bits per heavy atom. The number of hydrogen-bond donors (Lipinski definition) is 2. The second kappa shape index (κ2) is 11.9. The van der Waals surface area contributed by atoms with Crippen molar-refractivity contribution in [1.82, 2.24) is 25.4 Å². The van der Waals surface area contributed by atoms with Gasteiger partial charge in [-0.3, -0.25) is 9.69 Å². The van der Waals surface area contributed by atoms with Gasteiger partial charge in [0.05, 0.1) is 18.2 Å². The smallest absolute Gasteiger partial charge is 0.243 e. The third kappa shape index (κ3) is 8.68. The third-order valence-electron chi connectivity index (χ3n) is 4.22. The molecule has 1 amide bonds. The van der Waals surface area contributed by atoms with Crippen molar-refractivity contribution in [2.24, 2.45) is 4.99 Å². The molecule has 2 rings (SSSR count). The molecule has 0 radical (unpaired) electrons. The maximum absolute atomic E-state index is 11.8. The molecule has 1 aromatic rings. The van der Waals surface area contributed by atoms with Crippen molar-refractivity contribution in [3.8, 4) is 0 Å². The van der Waals surface area contributed by atoms with Crippen molar-refractivity contribution < 1.29 is 9.53 Å². The summed E-state index contributed by atoms with van der Waals surface area (Å²) < 4.78 is 5.37. The second-order valence-electron chi connectivity index (χ2n) is 6.73. The number of aryl methyl sites for hydroxylation is 1. The van der Waals surface area contributed by atoms with Gasteiger partial charge in [-0.2, -0.15) is 0 Å². The molecule has 0 spiro atoms. The fourth-order valence-electron chi connectivity index (χ4n) is 2.60. The lowest BCUT2D eigenvalue weighted by atomic mass is 10.3. The molecule has 8 nitrogen and oxygen atoms in total. The van der Waals surface area contributed by atoms with Crippen LogP contribution in [0.3, 0.4) is 0 Å². The molecule has 0 saturated carbocycles. The lowest BCUT2D eigenvalue weighted by Crippen LogP contribution is -2.41. The fraction of sp³-hybridized carbons (Fsp3) is 0.722. The standard InChI is InChI=1S/C18H32N6O2S/c1-15-13-21-16(27-15)5-7-20-18(22-14-17(25)23(2)3)19-6-4-8-24-9-11-26-12-10-24/h13H,4-12,14H2,1-3H3,(H2,19,20,22). The highest BCUT2D eigenvalue weighted by atomic mass is 32.1. The zero-order valence-electron chi connectivity index (χ0n) is 16.7. The number of rotatable bonds is 9. The number of nitrogens with one attached hydrogen (secondary N) is 2. The van der Waals surface area contributed by atoms with Crippen molar-refractivity contribution in [3.05, 3.63) is 16.1 Å². The molecule has 1 aromatic heterocycles. The summed E-state index contributed by atoms with van der Waals surface area (Å²) >= 11 is 1.71. The maximum Gasteiger partial charge on any atom is 0.243 e. The van der Waals surface area contributed by atoms with E-state index in [9.17, 15) is 4.79 Å². The summed E-state index contributed by atoms with van der Waals surface area (Å²) in [4.78, 5) is 25.8. The predicted molar refractivity (Wildman–Crippen MR) is 109 cm³/mol. The fourth-order valence-corrected chi connectivity index (χ4v) is 3.39. The Labute approximate surface area is 166 Å². The van der Waals surface area contributed by atoms with Gasteiger partial charge in [0.15, 0.2) is 5.96 Å². The SMILES string of the molecule is Cc1cnc(CCNC(=NCC(=O)N(C)C)NCCCN2CCOCC2)s1. The van der Waals surface area contributed by atoms with Crippen molar-refractivity contribution in [2.75, 3.05) is 66.6 Å². The van der Waals surface area contributed by atoms with Crippen LogP contribution in [-0.2, 0) is 16.0 Å². The van der Waals surface area contributed by atoms with Crippen molar-refractivity contribution >= 4 is 23.2 Å². The Bertz CT molecular complexity index is 598. The van der Waals surface area contributed by atoms with Crippen molar-refractivity contribution in [2.45, 2.75) is 19.8 Å².